The molecule has 0 aliphatic rings. The van der Waals surface area contributed by atoms with Crippen LogP contribution < -0.4 is 5.32 Å². The second-order valence-electron chi connectivity index (χ2n) is 6.72. The third kappa shape index (κ3) is 5.43. The van der Waals surface area contributed by atoms with Crippen LogP contribution in [0.3, 0.4) is 0 Å². The lowest BCUT2D eigenvalue weighted by Gasteiger charge is -2.02. The second-order valence-corrected chi connectivity index (χ2v) is 7.73. The predicted octanol–water partition coefficient (Wildman–Crippen LogP) is 4.64. The van der Waals surface area contributed by atoms with Crippen LogP contribution in [-0.4, -0.2) is 28.7 Å². The molecule has 0 saturated heterocycles. The number of hydrogen-bond donors (Lipinski definition) is 1. The van der Waals surface area contributed by atoms with Gasteiger partial charge in [-0.15, -0.1) is 10.2 Å². The van der Waals surface area contributed by atoms with Crippen molar-refractivity contribution in [2.24, 2.45) is 0 Å². The van der Waals surface area contributed by atoms with Crippen molar-refractivity contribution >= 4 is 34.4 Å². The summed E-state index contributed by atoms with van der Waals surface area (Å²) in [4.78, 5) is 24.2. The lowest BCUT2D eigenvalue weighted by molar-refractivity contribution is -0.112. The van der Waals surface area contributed by atoms with E-state index in [2.05, 4.69) is 15.5 Å². The summed E-state index contributed by atoms with van der Waals surface area (Å²) in [5.74, 6) is 0.0896. The van der Waals surface area contributed by atoms with Crippen LogP contribution in [0.5, 0.6) is 0 Å². The van der Waals surface area contributed by atoms with Crippen LogP contribution in [0, 0.1) is 11.3 Å². The van der Waals surface area contributed by atoms with E-state index in [-0.39, 0.29) is 11.5 Å². The van der Waals surface area contributed by atoms with E-state index >= 15 is 0 Å². The molecular formula is C22H20N4O4S. The number of ether oxygens (including phenoxy) is 1. The fourth-order valence-electron chi connectivity index (χ4n) is 2.54. The van der Waals surface area contributed by atoms with E-state index in [1.807, 2.05) is 19.9 Å². The van der Waals surface area contributed by atoms with E-state index in [4.69, 9.17) is 9.15 Å². The van der Waals surface area contributed by atoms with Gasteiger partial charge in [0.2, 0.25) is 5.13 Å². The summed E-state index contributed by atoms with van der Waals surface area (Å²) in [6.07, 6.45) is 1.36. The molecule has 1 N–H and O–H groups in total. The first kappa shape index (κ1) is 21.9. The molecule has 3 aromatic rings. The summed E-state index contributed by atoms with van der Waals surface area (Å²) in [7, 11) is 0. The van der Waals surface area contributed by atoms with Crippen molar-refractivity contribution in [3.8, 4) is 17.4 Å². The summed E-state index contributed by atoms with van der Waals surface area (Å²) in [5.41, 5.74) is 1.06. The maximum atomic E-state index is 12.4. The summed E-state index contributed by atoms with van der Waals surface area (Å²) in [5, 5.41) is 21.0. The van der Waals surface area contributed by atoms with Gasteiger partial charge >= 0.3 is 5.97 Å². The highest BCUT2D eigenvalue weighted by molar-refractivity contribution is 7.15. The molecular weight excluding hydrogens is 416 g/mol. The lowest BCUT2D eigenvalue weighted by atomic mass is 10.1. The Bertz CT molecular complexity index is 1150. The Morgan fingerprint density at radius 1 is 1.23 bits per heavy atom. The van der Waals surface area contributed by atoms with Crippen molar-refractivity contribution in [2.75, 3.05) is 11.9 Å². The highest BCUT2D eigenvalue weighted by Crippen LogP contribution is 2.25. The molecule has 0 atom stereocenters. The number of benzene rings is 1. The van der Waals surface area contributed by atoms with Gasteiger partial charge in [-0.05, 0) is 31.2 Å². The molecule has 0 aliphatic heterocycles. The maximum absolute atomic E-state index is 12.4. The molecule has 9 heteroatoms. The summed E-state index contributed by atoms with van der Waals surface area (Å²) < 4.78 is 10.7. The van der Waals surface area contributed by atoms with Crippen LogP contribution in [-0.2, 0) is 9.53 Å². The molecule has 0 saturated carbocycles. The van der Waals surface area contributed by atoms with E-state index < -0.39 is 11.9 Å². The number of aromatic nitrogens is 2. The highest BCUT2D eigenvalue weighted by atomic mass is 32.1. The number of carbonyl (C=O) groups is 2. The number of carbonyl (C=O) groups excluding carboxylic acids is 2. The summed E-state index contributed by atoms with van der Waals surface area (Å²) in [6, 6.07) is 12.0. The molecule has 2 aromatic heterocycles. The summed E-state index contributed by atoms with van der Waals surface area (Å²) >= 11 is 1.26. The number of nitrogens with zero attached hydrogens (tertiary/aromatic N) is 3. The normalized spacial score (nSPS) is 11.3. The fourth-order valence-corrected chi connectivity index (χ4v) is 3.29. The third-order valence-electron chi connectivity index (χ3n) is 4.11. The SMILES string of the molecule is CCOC(=O)c1ccc(-c2ccc(/C=C(/C#N)C(=O)Nc3nnc(C(C)C)s3)o2)cc1. The molecule has 0 unspecified atom stereocenters. The minimum Gasteiger partial charge on any atom is -0.462 e. The number of rotatable bonds is 7. The Hall–Kier alpha value is -3.77. The van der Waals surface area contributed by atoms with Crippen LogP contribution in [0.25, 0.3) is 17.4 Å². The van der Waals surface area contributed by atoms with E-state index in [1.165, 1.54) is 17.4 Å². The molecule has 0 bridgehead atoms. The molecule has 8 nitrogen and oxygen atoms in total. The van der Waals surface area contributed by atoms with Gasteiger partial charge in [0.25, 0.3) is 5.91 Å². The largest absolute Gasteiger partial charge is 0.462 e. The maximum Gasteiger partial charge on any atom is 0.338 e. The van der Waals surface area contributed by atoms with E-state index in [0.717, 1.165) is 10.6 Å². The Morgan fingerprint density at radius 2 is 1.97 bits per heavy atom. The lowest BCUT2D eigenvalue weighted by Crippen LogP contribution is -2.13. The number of anilines is 1. The van der Waals surface area contributed by atoms with Gasteiger partial charge in [0.1, 0.15) is 28.2 Å². The van der Waals surface area contributed by atoms with Crippen LogP contribution in [0.2, 0.25) is 0 Å². The van der Waals surface area contributed by atoms with Gasteiger partial charge in [-0.1, -0.05) is 37.3 Å². The quantitative estimate of drug-likeness (QED) is 0.325. The van der Waals surface area contributed by atoms with Crippen molar-refractivity contribution in [1.82, 2.24) is 10.2 Å². The molecule has 0 fully saturated rings. The average molecular weight is 436 g/mol. The number of hydrogen-bond acceptors (Lipinski definition) is 8. The van der Waals surface area contributed by atoms with Gasteiger partial charge in [0, 0.05) is 17.6 Å². The van der Waals surface area contributed by atoms with Crippen molar-refractivity contribution in [1.29, 1.82) is 5.26 Å². The Morgan fingerprint density at radius 3 is 2.58 bits per heavy atom. The Labute approximate surface area is 183 Å². The zero-order valence-corrected chi connectivity index (χ0v) is 18.0. The van der Waals surface area contributed by atoms with E-state index in [1.54, 1.807) is 43.3 Å². The van der Waals surface area contributed by atoms with Crippen molar-refractivity contribution in [2.45, 2.75) is 26.7 Å². The van der Waals surface area contributed by atoms with Crippen LogP contribution in [0.4, 0.5) is 5.13 Å². The van der Waals surface area contributed by atoms with Crippen LogP contribution >= 0.6 is 11.3 Å². The zero-order chi connectivity index (χ0) is 22.4. The van der Waals surface area contributed by atoms with Gasteiger partial charge in [-0.2, -0.15) is 5.26 Å². The summed E-state index contributed by atoms with van der Waals surface area (Å²) in [6.45, 7) is 6.01. The molecule has 158 valence electrons. The smallest absolute Gasteiger partial charge is 0.338 e. The fraction of sp³-hybridized carbons (Fsp3) is 0.227. The van der Waals surface area contributed by atoms with Gasteiger partial charge < -0.3 is 9.15 Å². The molecule has 1 aromatic carbocycles. The highest BCUT2D eigenvalue weighted by Gasteiger charge is 2.15. The third-order valence-corrected chi connectivity index (χ3v) is 5.25. The molecule has 31 heavy (non-hydrogen) atoms. The molecule has 0 aliphatic carbocycles. The topological polar surface area (TPSA) is 118 Å². The molecule has 2 heterocycles. The second kappa shape index (κ2) is 9.82. The number of nitriles is 1. The van der Waals surface area contributed by atoms with Crippen LogP contribution in [0.1, 0.15) is 47.8 Å². The average Bonchev–Trinajstić information content (AvgIpc) is 3.42. The predicted molar refractivity (Wildman–Crippen MR) is 116 cm³/mol. The van der Waals surface area contributed by atoms with Crippen molar-refractivity contribution in [3.63, 3.8) is 0 Å². The number of esters is 1. The van der Waals surface area contributed by atoms with Crippen molar-refractivity contribution < 1.29 is 18.7 Å². The standard InChI is InChI=1S/C22H20N4O4S/c1-4-29-21(28)15-7-5-14(6-8-15)18-10-9-17(30-18)11-16(12-23)19(27)24-22-26-25-20(31-22)13(2)3/h5-11,13H,4H2,1-3H3,(H,24,26,27)/b16-11-. The van der Waals surface area contributed by atoms with Gasteiger partial charge in [-0.25, -0.2) is 4.79 Å². The zero-order valence-electron chi connectivity index (χ0n) is 17.2. The first-order valence-electron chi connectivity index (χ1n) is 9.55. The first-order chi connectivity index (χ1) is 14.9. The molecule has 3 rings (SSSR count). The van der Waals surface area contributed by atoms with Crippen LogP contribution in [0.15, 0.2) is 46.4 Å². The number of furan rings is 1. The molecule has 0 radical (unpaired) electrons. The first-order valence-corrected chi connectivity index (χ1v) is 10.4. The number of amides is 1. The Balaban J connectivity index is 1.73. The van der Waals surface area contributed by atoms with E-state index in [0.29, 0.717) is 28.8 Å². The van der Waals surface area contributed by atoms with Gasteiger partial charge in [0.05, 0.1) is 12.2 Å². The van der Waals surface area contributed by atoms with E-state index in [9.17, 15) is 14.9 Å². The van der Waals surface area contributed by atoms with Gasteiger partial charge in [0.15, 0.2) is 0 Å². The molecule has 0 spiro atoms. The van der Waals surface area contributed by atoms with Gasteiger partial charge in [-0.3, -0.25) is 10.1 Å². The Kier molecular flexibility index (Phi) is 6.95. The minimum absolute atomic E-state index is 0.125. The number of nitrogens with one attached hydrogen (secondary N) is 1. The minimum atomic E-state index is -0.592. The van der Waals surface area contributed by atoms with Crippen molar-refractivity contribution in [3.05, 3.63) is 58.3 Å². The molecule has 1 amide bonds. The monoisotopic (exact) mass is 436 g/mol.